The fraction of sp³-hybridized carbons (Fsp3) is 0.214. The Kier molecular flexibility index (Phi) is 3.94. The average Bonchev–Trinajstić information content (AvgIpc) is 2.37. The van der Waals surface area contributed by atoms with Crippen LogP contribution in [-0.4, -0.2) is 16.5 Å². The van der Waals surface area contributed by atoms with Crippen molar-refractivity contribution in [2.45, 2.75) is 19.4 Å². The van der Waals surface area contributed by atoms with Crippen LogP contribution >= 0.6 is 0 Å². The fourth-order valence-corrected chi connectivity index (χ4v) is 1.77. The van der Waals surface area contributed by atoms with Crippen molar-refractivity contribution in [3.63, 3.8) is 0 Å². The Morgan fingerprint density at radius 2 is 1.75 bits per heavy atom. The Morgan fingerprint density at radius 1 is 1.10 bits per heavy atom. The van der Waals surface area contributed by atoms with Crippen LogP contribution in [0.25, 0.3) is 0 Å². The van der Waals surface area contributed by atoms with Gasteiger partial charge in [0.2, 0.25) is 0 Å². The monoisotopic (exact) mass is 283 g/mol. The summed E-state index contributed by atoms with van der Waals surface area (Å²) in [4.78, 5) is 3.96. The minimum absolute atomic E-state index is 0.323. The van der Waals surface area contributed by atoms with Crippen LogP contribution in [0.15, 0.2) is 42.7 Å². The fourth-order valence-electron chi connectivity index (χ4n) is 1.77. The molecule has 1 heterocycles. The second-order valence-electron chi connectivity index (χ2n) is 4.31. The Balaban J connectivity index is 2.17. The van der Waals surface area contributed by atoms with Gasteiger partial charge in [0.05, 0.1) is 0 Å². The number of halogens is 3. The number of aromatic nitrogens is 1. The number of aliphatic hydroxyl groups excluding tert-OH is 1. The van der Waals surface area contributed by atoms with Crippen LogP contribution < -0.4 is 4.74 Å². The molecule has 1 aromatic carbocycles. The van der Waals surface area contributed by atoms with Gasteiger partial charge in [-0.3, -0.25) is 4.98 Å². The van der Waals surface area contributed by atoms with E-state index in [0.29, 0.717) is 11.1 Å². The summed E-state index contributed by atoms with van der Waals surface area (Å²) in [5, 5.41) is 10.1. The first-order chi connectivity index (χ1) is 9.35. The zero-order chi connectivity index (χ0) is 14.8. The molecule has 0 radical (unpaired) electrons. The number of benzene rings is 1. The van der Waals surface area contributed by atoms with Gasteiger partial charge < -0.3 is 9.84 Å². The number of hydrogen-bond donors (Lipinski definition) is 1. The van der Waals surface area contributed by atoms with E-state index in [0.717, 1.165) is 17.7 Å². The number of nitrogens with zero attached hydrogens (tertiary/aromatic N) is 1. The lowest BCUT2D eigenvalue weighted by Crippen LogP contribution is -2.17. The van der Waals surface area contributed by atoms with Crippen molar-refractivity contribution in [2.24, 2.45) is 0 Å². The van der Waals surface area contributed by atoms with Gasteiger partial charge in [-0.15, -0.1) is 13.2 Å². The van der Waals surface area contributed by atoms with E-state index in [-0.39, 0.29) is 5.75 Å². The van der Waals surface area contributed by atoms with E-state index in [1.54, 1.807) is 12.3 Å². The molecule has 0 bridgehead atoms. The minimum Gasteiger partial charge on any atom is -0.406 e. The Labute approximate surface area is 113 Å². The maximum absolute atomic E-state index is 12.0. The second kappa shape index (κ2) is 5.50. The molecule has 0 fully saturated rings. The highest BCUT2D eigenvalue weighted by Crippen LogP contribution is 2.26. The summed E-state index contributed by atoms with van der Waals surface area (Å²) in [7, 11) is 0. The lowest BCUT2D eigenvalue weighted by molar-refractivity contribution is -0.274. The van der Waals surface area contributed by atoms with E-state index >= 15 is 0 Å². The normalized spacial score (nSPS) is 13.1. The molecule has 0 aliphatic heterocycles. The highest BCUT2D eigenvalue weighted by Gasteiger charge is 2.31. The number of aryl methyl sites for hydroxylation is 1. The first-order valence-electron chi connectivity index (χ1n) is 5.80. The third-order valence-electron chi connectivity index (χ3n) is 2.64. The molecule has 6 heteroatoms. The van der Waals surface area contributed by atoms with Crippen molar-refractivity contribution in [3.05, 3.63) is 59.4 Å². The number of pyridine rings is 1. The van der Waals surface area contributed by atoms with Crippen molar-refractivity contribution in [1.82, 2.24) is 4.98 Å². The smallest absolute Gasteiger partial charge is 0.406 e. The molecule has 0 aliphatic carbocycles. The van der Waals surface area contributed by atoms with Crippen LogP contribution in [0.5, 0.6) is 5.75 Å². The van der Waals surface area contributed by atoms with Crippen molar-refractivity contribution < 1.29 is 23.0 Å². The molecular formula is C14H12F3NO2. The van der Waals surface area contributed by atoms with Gasteiger partial charge in [0, 0.05) is 18.0 Å². The molecule has 106 valence electrons. The average molecular weight is 283 g/mol. The van der Waals surface area contributed by atoms with Crippen molar-refractivity contribution in [1.29, 1.82) is 0 Å². The van der Waals surface area contributed by atoms with Crippen LogP contribution in [0.2, 0.25) is 0 Å². The molecule has 1 unspecified atom stereocenters. The molecule has 2 rings (SSSR count). The van der Waals surface area contributed by atoms with Gasteiger partial charge >= 0.3 is 6.36 Å². The predicted octanol–water partition coefficient (Wildman–Crippen LogP) is 3.37. The van der Waals surface area contributed by atoms with Crippen molar-refractivity contribution >= 4 is 0 Å². The number of rotatable bonds is 3. The minimum atomic E-state index is -4.72. The zero-order valence-corrected chi connectivity index (χ0v) is 10.6. The van der Waals surface area contributed by atoms with E-state index in [4.69, 9.17) is 0 Å². The first kappa shape index (κ1) is 14.3. The maximum atomic E-state index is 12.0. The van der Waals surface area contributed by atoms with E-state index in [9.17, 15) is 18.3 Å². The van der Waals surface area contributed by atoms with Gasteiger partial charge in [0.25, 0.3) is 0 Å². The standard InChI is InChI=1S/C14H12F3NO2/c1-9-6-11(8-18-7-9)13(19)10-2-4-12(5-3-10)20-14(15,16)17/h2-8,13,19H,1H3. The van der Waals surface area contributed by atoms with Crippen LogP contribution in [-0.2, 0) is 0 Å². The Hall–Kier alpha value is -2.08. The molecule has 1 aromatic heterocycles. The first-order valence-corrected chi connectivity index (χ1v) is 5.80. The summed E-state index contributed by atoms with van der Waals surface area (Å²) in [5.41, 5.74) is 1.93. The molecular weight excluding hydrogens is 271 g/mol. The topological polar surface area (TPSA) is 42.4 Å². The van der Waals surface area contributed by atoms with E-state index in [2.05, 4.69) is 9.72 Å². The number of alkyl halides is 3. The molecule has 1 atom stereocenters. The molecule has 1 N–H and O–H groups in total. The SMILES string of the molecule is Cc1cncc(C(O)c2ccc(OC(F)(F)F)cc2)c1. The molecule has 0 saturated heterocycles. The third-order valence-corrected chi connectivity index (χ3v) is 2.64. The summed E-state index contributed by atoms with van der Waals surface area (Å²) >= 11 is 0. The van der Waals surface area contributed by atoms with Gasteiger partial charge in [-0.05, 0) is 30.2 Å². The predicted molar refractivity (Wildman–Crippen MR) is 66.2 cm³/mol. The van der Waals surface area contributed by atoms with Crippen LogP contribution in [0.3, 0.4) is 0 Å². The van der Waals surface area contributed by atoms with Gasteiger partial charge in [-0.1, -0.05) is 18.2 Å². The summed E-state index contributed by atoms with van der Waals surface area (Å²) < 4.78 is 39.9. The summed E-state index contributed by atoms with van der Waals surface area (Å²) in [6.45, 7) is 1.84. The Morgan fingerprint density at radius 3 is 2.30 bits per heavy atom. The van der Waals surface area contributed by atoms with Crippen molar-refractivity contribution in [2.75, 3.05) is 0 Å². The summed E-state index contributed by atoms with van der Waals surface area (Å²) in [6, 6.07) is 6.85. The van der Waals surface area contributed by atoms with E-state index in [1.165, 1.54) is 18.3 Å². The highest BCUT2D eigenvalue weighted by atomic mass is 19.4. The van der Waals surface area contributed by atoms with Gasteiger partial charge in [0.1, 0.15) is 11.9 Å². The van der Waals surface area contributed by atoms with Gasteiger partial charge in [-0.2, -0.15) is 0 Å². The number of aliphatic hydroxyl groups is 1. The molecule has 2 aromatic rings. The maximum Gasteiger partial charge on any atom is 0.573 e. The number of hydrogen-bond acceptors (Lipinski definition) is 3. The summed E-state index contributed by atoms with van der Waals surface area (Å²) in [5.74, 6) is -0.323. The number of ether oxygens (including phenoxy) is 1. The third kappa shape index (κ3) is 3.71. The highest BCUT2D eigenvalue weighted by molar-refractivity contribution is 5.34. The molecule has 0 aliphatic rings. The van der Waals surface area contributed by atoms with Gasteiger partial charge in [0.15, 0.2) is 0 Å². The molecule has 0 spiro atoms. The molecule has 20 heavy (non-hydrogen) atoms. The van der Waals surface area contributed by atoms with Crippen LogP contribution in [0, 0.1) is 6.92 Å². The second-order valence-corrected chi connectivity index (χ2v) is 4.31. The Bertz CT molecular complexity index is 582. The van der Waals surface area contributed by atoms with E-state index < -0.39 is 12.5 Å². The summed E-state index contributed by atoms with van der Waals surface area (Å²) in [6.07, 6.45) is -2.50. The van der Waals surface area contributed by atoms with Crippen LogP contribution in [0.1, 0.15) is 22.8 Å². The zero-order valence-electron chi connectivity index (χ0n) is 10.6. The quantitative estimate of drug-likeness (QED) is 0.939. The van der Waals surface area contributed by atoms with Crippen molar-refractivity contribution in [3.8, 4) is 5.75 Å². The van der Waals surface area contributed by atoms with Gasteiger partial charge in [-0.25, -0.2) is 0 Å². The molecule has 3 nitrogen and oxygen atoms in total. The van der Waals surface area contributed by atoms with E-state index in [1.807, 2.05) is 6.92 Å². The molecule has 0 amide bonds. The molecule has 0 saturated carbocycles. The lowest BCUT2D eigenvalue weighted by atomic mass is 10.0. The van der Waals surface area contributed by atoms with Crippen LogP contribution in [0.4, 0.5) is 13.2 Å². The largest absolute Gasteiger partial charge is 0.573 e. The lowest BCUT2D eigenvalue weighted by Gasteiger charge is -2.13.